The molecule has 0 spiro atoms. The molecule has 1 heterocycles. The van der Waals surface area contributed by atoms with Gasteiger partial charge in [0, 0.05) is 6.54 Å². The van der Waals surface area contributed by atoms with Gasteiger partial charge in [0.2, 0.25) is 5.43 Å². The molecule has 0 radical (unpaired) electrons. The predicted octanol–water partition coefficient (Wildman–Crippen LogP) is 3.46. The Hall–Kier alpha value is -4.00. The summed E-state index contributed by atoms with van der Waals surface area (Å²) >= 11 is 0. The topological polar surface area (TPSA) is 73.2 Å². The second kappa shape index (κ2) is 8.16. The number of benzene rings is 3. The quantitative estimate of drug-likeness (QED) is 0.554. The van der Waals surface area contributed by atoms with Gasteiger partial charge in [0.05, 0.1) is 23.7 Å². The van der Waals surface area contributed by atoms with Gasteiger partial charge in [-0.3, -0.25) is 9.59 Å². The van der Waals surface area contributed by atoms with Crippen LogP contribution in [0, 0.1) is 5.82 Å². The van der Waals surface area contributed by atoms with Crippen LogP contribution in [0.15, 0.2) is 77.6 Å². The fraction of sp³-hybridized carbons (Fsp3) is 0.0870. The molecule has 0 atom stereocenters. The fourth-order valence-corrected chi connectivity index (χ4v) is 3.11. The first-order valence-electron chi connectivity index (χ1n) is 9.26. The van der Waals surface area contributed by atoms with Crippen molar-refractivity contribution in [1.82, 2.24) is 15.1 Å². The highest BCUT2D eigenvalue weighted by molar-refractivity contribution is 5.95. The lowest BCUT2D eigenvalue weighted by molar-refractivity contribution is 0.0943. The summed E-state index contributed by atoms with van der Waals surface area (Å²) in [5, 5.41) is 7.37. The Labute approximate surface area is 171 Å². The number of nitrogens with one attached hydrogen (secondary N) is 1. The summed E-state index contributed by atoms with van der Waals surface area (Å²) in [6.07, 6.45) is 0. The number of nitrogens with zero attached hydrogens (tertiary/aromatic N) is 2. The third kappa shape index (κ3) is 3.77. The van der Waals surface area contributed by atoms with Crippen LogP contribution in [0.2, 0.25) is 0 Å². The van der Waals surface area contributed by atoms with Gasteiger partial charge in [-0.1, -0.05) is 24.3 Å². The lowest BCUT2D eigenvalue weighted by atomic mass is 10.1. The molecule has 4 rings (SSSR count). The van der Waals surface area contributed by atoms with Crippen molar-refractivity contribution in [2.45, 2.75) is 6.54 Å². The van der Waals surface area contributed by atoms with Crippen LogP contribution in [-0.2, 0) is 6.54 Å². The van der Waals surface area contributed by atoms with E-state index in [9.17, 15) is 14.0 Å². The zero-order valence-electron chi connectivity index (χ0n) is 16.1. The van der Waals surface area contributed by atoms with Gasteiger partial charge in [0.15, 0.2) is 5.69 Å². The fourth-order valence-electron chi connectivity index (χ4n) is 3.11. The molecule has 1 N–H and O–H groups in total. The summed E-state index contributed by atoms with van der Waals surface area (Å²) < 4.78 is 19.9. The molecule has 0 aliphatic heterocycles. The number of ether oxygens (including phenoxy) is 1. The molecule has 1 amide bonds. The van der Waals surface area contributed by atoms with E-state index in [1.54, 1.807) is 43.5 Å². The number of fused-ring (bicyclic) bond motifs is 1. The number of aromatic nitrogens is 2. The predicted molar refractivity (Wildman–Crippen MR) is 111 cm³/mol. The van der Waals surface area contributed by atoms with E-state index in [-0.39, 0.29) is 18.1 Å². The van der Waals surface area contributed by atoms with Crippen LogP contribution in [0.4, 0.5) is 4.39 Å². The van der Waals surface area contributed by atoms with E-state index in [1.165, 1.54) is 28.9 Å². The molecule has 150 valence electrons. The number of hydrogen-bond acceptors (Lipinski definition) is 4. The standard InChI is InChI=1S/C23H18FN3O3/c1-30-18-12-6-15(7-13-18)14-25-23(29)21-22(28)19-4-2-3-5-20(19)27(26-21)17-10-8-16(24)9-11-17/h2-13H,14H2,1H3,(H,25,29). The minimum Gasteiger partial charge on any atom is -0.497 e. The molecular weight excluding hydrogens is 385 g/mol. The molecule has 1 aromatic heterocycles. The number of carbonyl (C=O) groups is 1. The number of carbonyl (C=O) groups excluding carboxylic acids is 1. The van der Waals surface area contributed by atoms with Crippen molar-refractivity contribution in [3.8, 4) is 11.4 Å². The molecule has 0 saturated heterocycles. The average molecular weight is 403 g/mol. The summed E-state index contributed by atoms with van der Waals surface area (Å²) in [6.45, 7) is 0.229. The highest BCUT2D eigenvalue weighted by Gasteiger charge is 2.18. The largest absolute Gasteiger partial charge is 0.497 e. The summed E-state index contributed by atoms with van der Waals surface area (Å²) in [5.41, 5.74) is 1.23. The maximum Gasteiger partial charge on any atom is 0.276 e. The Morgan fingerprint density at radius 1 is 1.03 bits per heavy atom. The number of methoxy groups -OCH3 is 1. The van der Waals surface area contributed by atoms with Crippen molar-refractivity contribution in [2.24, 2.45) is 0 Å². The van der Waals surface area contributed by atoms with E-state index in [4.69, 9.17) is 4.74 Å². The Morgan fingerprint density at radius 2 is 1.73 bits per heavy atom. The number of halogens is 1. The SMILES string of the molecule is COc1ccc(CNC(=O)c2nn(-c3ccc(F)cc3)c3ccccc3c2=O)cc1. The van der Waals surface area contributed by atoms with E-state index in [2.05, 4.69) is 10.4 Å². The molecule has 3 aromatic carbocycles. The Balaban J connectivity index is 1.71. The van der Waals surface area contributed by atoms with Crippen molar-refractivity contribution in [3.63, 3.8) is 0 Å². The van der Waals surface area contributed by atoms with Crippen LogP contribution in [0.3, 0.4) is 0 Å². The van der Waals surface area contributed by atoms with E-state index < -0.39 is 11.3 Å². The molecule has 7 heteroatoms. The molecule has 0 bridgehead atoms. The van der Waals surface area contributed by atoms with Crippen LogP contribution in [0.1, 0.15) is 16.1 Å². The van der Waals surface area contributed by atoms with Crippen LogP contribution in [-0.4, -0.2) is 22.8 Å². The monoisotopic (exact) mass is 403 g/mol. The summed E-state index contributed by atoms with van der Waals surface area (Å²) in [4.78, 5) is 25.7. The lowest BCUT2D eigenvalue weighted by Crippen LogP contribution is -2.31. The molecule has 0 fully saturated rings. The van der Waals surface area contributed by atoms with Gasteiger partial charge < -0.3 is 10.1 Å². The summed E-state index contributed by atoms with van der Waals surface area (Å²) in [5.74, 6) is -0.262. The van der Waals surface area contributed by atoms with Crippen molar-refractivity contribution < 1.29 is 13.9 Å². The second-order valence-electron chi connectivity index (χ2n) is 6.61. The van der Waals surface area contributed by atoms with Gasteiger partial charge in [-0.15, -0.1) is 0 Å². The highest BCUT2D eigenvalue weighted by Crippen LogP contribution is 2.16. The van der Waals surface area contributed by atoms with Gasteiger partial charge in [-0.05, 0) is 54.1 Å². The summed E-state index contributed by atoms with van der Waals surface area (Å²) in [7, 11) is 1.58. The third-order valence-electron chi connectivity index (χ3n) is 4.69. The van der Waals surface area contributed by atoms with E-state index in [0.29, 0.717) is 22.3 Å². The van der Waals surface area contributed by atoms with Gasteiger partial charge in [-0.2, -0.15) is 5.10 Å². The van der Waals surface area contributed by atoms with Crippen LogP contribution in [0.5, 0.6) is 5.75 Å². The molecule has 0 unspecified atom stereocenters. The number of amides is 1. The molecule has 0 aliphatic rings. The number of para-hydroxylation sites is 1. The first-order chi connectivity index (χ1) is 14.6. The maximum atomic E-state index is 13.3. The van der Waals surface area contributed by atoms with Crippen LogP contribution in [0.25, 0.3) is 16.6 Å². The molecule has 0 aliphatic carbocycles. The van der Waals surface area contributed by atoms with Gasteiger partial charge in [-0.25, -0.2) is 9.07 Å². The average Bonchev–Trinajstić information content (AvgIpc) is 2.79. The summed E-state index contributed by atoms with van der Waals surface area (Å²) in [6, 6.07) is 19.8. The van der Waals surface area contributed by atoms with Gasteiger partial charge in [0.1, 0.15) is 11.6 Å². The van der Waals surface area contributed by atoms with Crippen molar-refractivity contribution >= 4 is 16.8 Å². The first kappa shape index (κ1) is 19.3. The van der Waals surface area contributed by atoms with E-state index >= 15 is 0 Å². The molecule has 0 saturated carbocycles. The maximum absolute atomic E-state index is 13.3. The molecule has 4 aromatic rings. The van der Waals surface area contributed by atoms with Gasteiger partial charge in [0.25, 0.3) is 5.91 Å². The highest BCUT2D eigenvalue weighted by atomic mass is 19.1. The zero-order chi connectivity index (χ0) is 21.1. The molecule has 6 nitrogen and oxygen atoms in total. The first-order valence-corrected chi connectivity index (χ1v) is 9.26. The number of hydrogen-bond donors (Lipinski definition) is 1. The zero-order valence-corrected chi connectivity index (χ0v) is 16.1. The Kier molecular flexibility index (Phi) is 5.26. The third-order valence-corrected chi connectivity index (χ3v) is 4.69. The van der Waals surface area contributed by atoms with Crippen LogP contribution >= 0.6 is 0 Å². The Morgan fingerprint density at radius 3 is 2.43 bits per heavy atom. The van der Waals surface area contributed by atoms with E-state index in [0.717, 1.165) is 5.56 Å². The van der Waals surface area contributed by atoms with Crippen molar-refractivity contribution in [3.05, 3.63) is 100 Å². The minimum absolute atomic E-state index is 0.229. The molecule has 30 heavy (non-hydrogen) atoms. The smallest absolute Gasteiger partial charge is 0.276 e. The van der Waals surface area contributed by atoms with E-state index in [1.807, 2.05) is 12.1 Å². The minimum atomic E-state index is -0.586. The Bertz CT molecular complexity index is 1270. The van der Waals surface area contributed by atoms with Crippen molar-refractivity contribution in [2.75, 3.05) is 7.11 Å². The van der Waals surface area contributed by atoms with Gasteiger partial charge >= 0.3 is 0 Å². The molecular formula is C23H18FN3O3. The second-order valence-corrected chi connectivity index (χ2v) is 6.61. The van der Waals surface area contributed by atoms with Crippen LogP contribution < -0.4 is 15.5 Å². The van der Waals surface area contributed by atoms with Crippen molar-refractivity contribution in [1.29, 1.82) is 0 Å². The normalized spacial score (nSPS) is 10.7. The number of rotatable bonds is 5. The lowest BCUT2D eigenvalue weighted by Gasteiger charge is -2.12.